The molecule has 1 aromatic heterocycles. The van der Waals surface area contributed by atoms with E-state index in [0.29, 0.717) is 17.8 Å². The molecule has 5 nitrogen and oxygen atoms in total. The van der Waals surface area contributed by atoms with Gasteiger partial charge < -0.3 is 9.42 Å². The van der Waals surface area contributed by atoms with Crippen LogP contribution in [-0.2, 0) is 6.54 Å². The van der Waals surface area contributed by atoms with Crippen molar-refractivity contribution in [3.05, 3.63) is 72.2 Å². The highest BCUT2D eigenvalue weighted by molar-refractivity contribution is 5.59. The van der Waals surface area contributed by atoms with Crippen molar-refractivity contribution in [1.29, 1.82) is 0 Å². The monoisotopic (exact) mass is 408 g/mol. The highest BCUT2D eigenvalue weighted by Gasteiger charge is 2.18. The smallest absolute Gasteiger partial charge is 0.151 e. The van der Waals surface area contributed by atoms with Crippen LogP contribution < -0.4 is 4.90 Å². The third-order valence-electron chi connectivity index (χ3n) is 5.76. The normalized spacial score (nSPS) is 15.1. The molecule has 30 heavy (non-hydrogen) atoms. The van der Waals surface area contributed by atoms with E-state index in [1.807, 2.05) is 12.1 Å². The first-order valence-corrected chi connectivity index (χ1v) is 10.7. The maximum atomic E-state index is 14.0. The Bertz CT molecular complexity index is 922. The summed E-state index contributed by atoms with van der Waals surface area (Å²) in [5, 5.41) is 4.06. The predicted molar refractivity (Wildman–Crippen MR) is 118 cm³/mol. The van der Waals surface area contributed by atoms with E-state index in [1.165, 1.54) is 11.8 Å². The van der Waals surface area contributed by atoms with E-state index in [1.54, 1.807) is 12.1 Å². The maximum absolute atomic E-state index is 14.0. The van der Waals surface area contributed by atoms with Gasteiger partial charge in [0, 0.05) is 56.6 Å². The highest BCUT2D eigenvalue weighted by Crippen LogP contribution is 2.22. The number of piperazine rings is 1. The van der Waals surface area contributed by atoms with Gasteiger partial charge in [-0.05, 0) is 30.8 Å². The van der Waals surface area contributed by atoms with Gasteiger partial charge in [0.2, 0.25) is 0 Å². The molecule has 0 amide bonds. The van der Waals surface area contributed by atoms with Gasteiger partial charge >= 0.3 is 0 Å². The number of hydrogen-bond donors (Lipinski definition) is 0. The van der Waals surface area contributed by atoms with Crippen molar-refractivity contribution in [1.82, 2.24) is 15.0 Å². The molecule has 0 spiro atoms. The zero-order valence-electron chi connectivity index (χ0n) is 17.5. The van der Waals surface area contributed by atoms with E-state index in [9.17, 15) is 4.39 Å². The quantitative estimate of drug-likeness (QED) is 0.560. The number of hydrogen-bond acceptors (Lipinski definition) is 5. The van der Waals surface area contributed by atoms with Gasteiger partial charge in [0.15, 0.2) is 5.76 Å². The van der Waals surface area contributed by atoms with Crippen LogP contribution in [0, 0.1) is 5.82 Å². The van der Waals surface area contributed by atoms with Gasteiger partial charge in [-0.2, -0.15) is 0 Å². The first kappa shape index (κ1) is 20.6. The molecule has 2 heterocycles. The van der Waals surface area contributed by atoms with E-state index in [4.69, 9.17) is 4.52 Å². The Hall–Kier alpha value is -2.70. The predicted octanol–water partition coefficient (Wildman–Crippen LogP) is 4.12. The van der Waals surface area contributed by atoms with Gasteiger partial charge in [-0.15, -0.1) is 0 Å². The molecule has 1 saturated heterocycles. The number of anilines is 1. The van der Waals surface area contributed by atoms with Crippen LogP contribution in [0.2, 0.25) is 0 Å². The van der Waals surface area contributed by atoms with Crippen LogP contribution in [0.3, 0.4) is 0 Å². The summed E-state index contributed by atoms with van der Waals surface area (Å²) >= 11 is 0. The van der Waals surface area contributed by atoms with Crippen molar-refractivity contribution in [2.24, 2.45) is 0 Å². The average Bonchev–Trinajstić information content (AvgIpc) is 3.26. The number of rotatable bonds is 8. The van der Waals surface area contributed by atoms with E-state index in [0.717, 1.165) is 51.6 Å². The van der Waals surface area contributed by atoms with Gasteiger partial charge in [0.05, 0.1) is 6.54 Å². The molecule has 1 aliphatic heterocycles. The molecule has 0 unspecified atom stereocenters. The number of likely N-dealkylation sites (N-methyl/N-ethyl adjacent to an activating group) is 1. The van der Waals surface area contributed by atoms with Crippen molar-refractivity contribution in [2.45, 2.75) is 13.5 Å². The Morgan fingerprint density at radius 3 is 2.47 bits per heavy atom. The topological polar surface area (TPSA) is 35.8 Å². The fourth-order valence-corrected chi connectivity index (χ4v) is 3.90. The van der Waals surface area contributed by atoms with Crippen LogP contribution in [0.4, 0.5) is 10.1 Å². The zero-order chi connectivity index (χ0) is 20.8. The first-order chi connectivity index (χ1) is 14.7. The van der Waals surface area contributed by atoms with E-state index >= 15 is 0 Å². The SMILES string of the molecule is CCN(CCN1CCN(c2ccccc2)CC1)Cc1cc(-c2ccccc2F)no1. The van der Waals surface area contributed by atoms with E-state index < -0.39 is 0 Å². The Kier molecular flexibility index (Phi) is 6.77. The Morgan fingerprint density at radius 2 is 1.73 bits per heavy atom. The molecular weight excluding hydrogens is 379 g/mol. The van der Waals surface area contributed by atoms with E-state index in [2.05, 4.69) is 57.1 Å². The lowest BCUT2D eigenvalue weighted by atomic mass is 10.1. The second-order valence-electron chi connectivity index (χ2n) is 7.69. The minimum Gasteiger partial charge on any atom is -0.369 e. The van der Waals surface area contributed by atoms with Crippen molar-refractivity contribution >= 4 is 5.69 Å². The second-order valence-corrected chi connectivity index (χ2v) is 7.69. The molecule has 1 aliphatic rings. The van der Waals surface area contributed by atoms with Crippen LogP contribution in [0.25, 0.3) is 11.3 Å². The number of para-hydroxylation sites is 1. The molecule has 1 fully saturated rings. The van der Waals surface area contributed by atoms with Gasteiger partial charge in [-0.3, -0.25) is 9.80 Å². The van der Waals surface area contributed by atoms with Gasteiger partial charge in [-0.25, -0.2) is 4.39 Å². The molecule has 0 bridgehead atoms. The van der Waals surface area contributed by atoms with Crippen LogP contribution in [0.5, 0.6) is 0 Å². The lowest BCUT2D eigenvalue weighted by Gasteiger charge is -2.36. The number of halogens is 1. The van der Waals surface area contributed by atoms with Gasteiger partial charge in [-0.1, -0.05) is 42.4 Å². The minimum absolute atomic E-state index is 0.278. The van der Waals surface area contributed by atoms with Crippen molar-refractivity contribution in [3.8, 4) is 11.3 Å². The second kappa shape index (κ2) is 9.87. The van der Waals surface area contributed by atoms with Crippen LogP contribution >= 0.6 is 0 Å². The Labute approximate surface area is 177 Å². The fraction of sp³-hybridized carbons (Fsp3) is 0.375. The lowest BCUT2D eigenvalue weighted by molar-refractivity contribution is 0.185. The summed E-state index contributed by atoms with van der Waals surface area (Å²) < 4.78 is 19.5. The number of aromatic nitrogens is 1. The molecule has 4 rings (SSSR count). The maximum Gasteiger partial charge on any atom is 0.151 e. The summed E-state index contributed by atoms with van der Waals surface area (Å²) in [6, 6.07) is 19.1. The molecule has 0 aliphatic carbocycles. The minimum atomic E-state index is -0.278. The average molecular weight is 409 g/mol. The molecule has 6 heteroatoms. The van der Waals surface area contributed by atoms with Gasteiger partial charge in [0.25, 0.3) is 0 Å². The number of nitrogens with zero attached hydrogens (tertiary/aromatic N) is 4. The van der Waals surface area contributed by atoms with Crippen LogP contribution in [-0.4, -0.2) is 60.8 Å². The zero-order valence-corrected chi connectivity index (χ0v) is 17.5. The molecule has 0 atom stereocenters. The van der Waals surface area contributed by atoms with Crippen molar-refractivity contribution < 1.29 is 8.91 Å². The largest absolute Gasteiger partial charge is 0.369 e. The fourth-order valence-electron chi connectivity index (χ4n) is 3.90. The summed E-state index contributed by atoms with van der Waals surface area (Å²) in [7, 11) is 0. The summed E-state index contributed by atoms with van der Waals surface area (Å²) in [6.07, 6.45) is 0. The van der Waals surface area contributed by atoms with Gasteiger partial charge in [0.1, 0.15) is 11.5 Å². The summed E-state index contributed by atoms with van der Waals surface area (Å²) in [5.74, 6) is 0.489. The summed E-state index contributed by atoms with van der Waals surface area (Å²) in [6.45, 7) is 10.0. The molecule has 0 saturated carbocycles. The van der Waals surface area contributed by atoms with E-state index in [-0.39, 0.29) is 5.82 Å². The Morgan fingerprint density at radius 1 is 1.00 bits per heavy atom. The third-order valence-corrected chi connectivity index (χ3v) is 5.76. The molecule has 3 aromatic rings. The standard InChI is InChI=1S/C24H29FN4O/c1-2-27(19-21-18-24(26-30-21)22-10-6-7-11-23(22)25)12-13-28-14-16-29(17-15-28)20-8-4-3-5-9-20/h3-11,18H,2,12-17,19H2,1H3. The number of benzene rings is 2. The van der Waals surface area contributed by atoms with Crippen LogP contribution in [0.1, 0.15) is 12.7 Å². The molecule has 0 radical (unpaired) electrons. The third kappa shape index (κ3) is 5.07. The highest BCUT2D eigenvalue weighted by atomic mass is 19.1. The first-order valence-electron chi connectivity index (χ1n) is 10.7. The van der Waals surface area contributed by atoms with Crippen molar-refractivity contribution in [3.63, 3.8) is 0 Å². The molecule has 2 aromatic carbocycles. The molecular formula is C24H29FN4O. The molecule has 0 N–H and O–H groups in total. The molecule has 158 valence electrons. The van der Waals surface area contributed by atoms with Crippen LogP contribution in [0.15, 0.2) is 65.2 Å². The summed E-state index contributed by atoms with van der Waals surface area (Å²) in [5.41, 5.74) is 2.34. The lowest BCUT2D eigenvalue weighted by Crippen LogP contribution is -2.48. The summed E-state index contributed by atoms with van der Waals surface area (Å²) in [4.78, 5) is 7.31. The van der Waals surface area contributed by atoms with Crippen molar-refractivity contribution in [2.75, 3.05) is 50.7 Å². The Balaban J connectivity index is 1.26.